The van der Waals surface area contributed by atoms with Gasteiger partial charge in [0.25, 0.3) is 11.5 Å². The van der Waals surface area contributed by atoms with Crippen LogP contribution in [-0.4, -0.2) is 38.4 Å². The summed E-state index contributed by atoms with van der Waals surface area (Å²) in [7, 11) is 0. The highest BCUT2D eigenvalue weighted by molar-refractivity contribution is 5.95. The first-order valence-corrected chi connectivity index (χ1v) is 8.85. The van der Waals surface area contributed by atoms with Crippen molar-refractivity contribution in [2.24, 2.45) is 0 Å². The van der Waals surface area contributed by atoms with E-state index in [2.05, 4.69) is 15.4 Å². The molecule has 7 nitrogen and oxygen atoms in total. The maximum Gasteiger partial charge on any atom is 0.416 e. The number of benzene rings is 1. The number of aliphatic hydroxyl groups is 1. The topological polar surface area (TPSA) is 97.1 Å². The maximum absolute atomic E-state index is 12.9. The van der Waals surface area contributed by atoms with E-state index in [1.54, 1.807) is 19.1 Å². The molecule has 30 heavy (non-hydrogen) atoms. The Kier molecular flexibility index (Phi) is 5.97. The van der Waals surface area contributed by atoms with Crippen LogP contribution in [0.4, 0.5) is 13.2 Å². The molecule has 0 fully saturated rings. The average molecular weight is 418 g/mol. The summed E-state index contributed by atoms with van der Waals surface area (Å²) in [6.45, 7) is 1.22. The van der Waals surface area contributed by atoms with Crippen molar-refractivity contribution in [2.75, 3.05) is 6.61 Å². The maximum atomic E-state index is 12.9. The first-order valence-electron chi connectivity index (χ1n) is 8.85. The van der Waals surface area contributed by atoms with Crippen molar-refractivity contribution < 1.29 is 23.1 Å². The molecule has 0 saturated carbocycles. The molecule has 0 radical (unpaired) electrons. The van der Waals surface area contributed by atoms with Crippen LogP contribution in [0.5, 0.6) is 0 Å². The molecule has 1 amide bonds. The van der Waals surface area contributed by atoms with Gasteiger partial charge in [-0.1, -0.05) is 12.1 Å². The van der Waals surface area contributed by atoms with E-state index in [1.807, 2.05) is 0 Å². The lowest BCUT2D eigenvalue weighted by molar-refractivity contribution is -0.137. The lowest BCUT2D eigenvalue weighted by Crippen LogP contribution is -2.39. The molecule has 10 heteroatoms. The Labute approximate surface area is 168 Å². The van der Waals surface area contributed by atoms with Crippen molar-refractivity contribution in [3.63, 3.8) is 0 Å². The van der Waals surface area contributed by atoms with Gasteiger partial charge >= 0.3 is 6.18 Å². The zero-order chi connectivity index (χ0) is 21.9. The van der Waals surface area contributed by atoms with Crippen LogP contribution in [0.1, 0.15) is 22.8 Å². The van der Waals surface area contributed by atoms with Gasteiger partial charge in [0.1, 0.15) is 5.56 Å². The summed E-state index contributed by atoms with van der Waals surface area (Å²) in [6.07, 6.45) is -1.64. The van der Waals surface area contributed by atoms with E-state index < -0.39 is 29.2 Å². The van der Waals surface area contributed by atoms with Gasteiger partial charge in [-0.2, -0.15) is 23.0 Å². The van der Waals surface area contributed by atoms with Crippen molar-refractivity contribution >= 4 is 5.91 Å². The molecule has 1 atom stereocenters. The highest BCUT2D eigenvalue weighted by Gasteiger charge is 2.30. The van der Waals surface area contributed by atoms with Gasteiger partial charge in [0.2, 0.25) is 0 Å². The number of aromatic nitrogens is 3. The molecule has 0 saturated heterocycles. The molecule has 0 unspecified atom stereocenters. The Bertz CT molecular complexity index is 1100. The van der Waals surface area contributed by atoms with Crippen LogP contribution in [0.2, 0.25) is 0 Å². The fourth-order valence-electron chi connectivity index (χ4n) is 2.63. The normalized spacial score (nSPS) is 12.4. The number of carbonyl (C=O) groups is 1. The number of nitrogens with one attached hydrogen (secondary N) is 1. The highest BCUT2D eigenvalue weighted by Crippen LogP contribution is 2.30. The number of halogens is 3. The van der Waals surface area contributed by atoms with Gasteiger partial charge in [0, 0.05) is 17.8 Å². The van der Waals surface area contributed by atoms with Gasteiger partial charge in [0.05, 0.1) is 29.7 Å². The lowest BCUT2D eigenvalue weighted by Gasteiger charge is -2.14. The Balaban J connectivity index is 2.14. The number of alkyl halides is 3. The zero-order valence-corrected chi connectivity index (χ0v) is 15.7. The van der Waals surface area contributed by atoms with Crippen LogP contribution in [0, 0.1) is 0 Å². The third kappa shape index (κ3) is 4.54. The van der Waals surface area contributed by atoms with Gasteiger partial charge in [-0.3, -0.25) is 14.6 Å². The summed E-state index contributed by atoms with van der Waals surface area (Å²) in [5, 5.41) is 15.8. The van der Waals surface area contributed by atoms with Crippen molar-refractivity contribution in [3.05, 3.63) is 76.3 Å². The number of aliphatic hydroxyl groups excluding tert-OH is 1. The monoisotopic (exact) mass is 418 g/mol. The fourth-order valence-corrected chi connectivity index (χ4v) is 2.63. The van der Waals surface area contributed by atoms with Crippen LogP contribution < -0.4 is 10.9 Å². The number of hydrogen-bond donors (Lipinski definition) is 2. The zero-order valence-electron chi connectivity index (χ0n) is 15.7. The predicted molar refractivity (Wildman–Crippen MR) is 102 cm³/mol. The van der Waals surface area contributed by atoms with Gasteiger partial charge in [0.15, 0.2) is 0 Å². The Morgan fingerprint density at radius 2 is 1.93 bits per heavy atom. The van der Waals surface area contributed by atoms with E-state index >= 15 is 0 Å². The first-order chi connectivity index (χ1) is 14.2. The van der Waals surface area contributed by atoms with Crippen LogP contribution >= 0.6 is 0 Å². The van der Waals surface area contributed by atoms with Crippen molar-refractivity contribution in [2.45, 2.75) is 19.1 Å². The molecule has 2 aromatic heterocycles. The predicted octanol–water partition coefficient (Wildman–Crippen LogP) is 2.42. The number of nitrogens with zero attached hydrogens (tertiary/aromatic N) is 3. The van der Waals surface area contributed by atoms with E-state index in [0.717, 1.165) is 16.8 Å². The van der Waals surface area contributed by atoms with E-state index in [0.29, 0.717) is 0 Å². The second-order valence-corrected chi connectivity index (χ2v) is 6.50. The number of rotatable bonds is 5. The Morgan fingerprint density at radius 3 is 2.50 bits per heavy atom. The molecular formula is C20H17F3N4O3. The molecule has 0 aliphatic heterocycles. The third-order valence-electron chi connectivity index (χ3n) is 4.21. The molecule has 156 valence electrons. The minimum Gasteiger partial charge on any atom is -0.394 e. The Morgan fingerprint density at radius 1 is 1.23 bits per heavy atom. The minimum atomic E-state index is -4.49. The Hall–Kier alpha value is -3.53. The molecule has 2 heterocycles. The SMILES string of the molecule is C[C@H](CO)NC(=O)c1cc(-c2ccc(C(F)(F)F)cc2)nn(-c2cccnc2)c1=O. The van der Waals surface area contributed by atoms with Gasteiger partial charge in [-0.15, -0.1) is 0 Å². The minimum absolute atomic E-state index is 0.119. The summed E-state index contributed by atoms with van der Waals surface area (Å²) in [6, 6.07) is 7.93. The van der Waals surface area contributed by atoms with Crippen LogP contribution in [0.25, 0.3) is 16.9 Å². The average Bonchev–Trinajstić information content (AvgIpc) is 2.73. The van der Waals surface area contributed by atoms with E-state index in [-0.39, 0.29) is 29.1 Å². The van der Waals surface area contributed by atoms with Crippen molar-refractivity contribution in [1.29, 1.82) is 0 Å². The molecular weight excluding hydrogens is 401 g/mol. The second kappa shape index (κ2) is 8.46. The first kappa shape index (κ1) is 21.2. The van der Waals surface area contributed by atoms with Crippen molar-refractivity contribution in [3.8, 4) is 16.9 Å². The van der Waals surface area contributed by atoms with Crippen LogP contribution in [-0.2, 0) is 6.18 Å². The summed E-state index contributed by atoms with van der Waals surface area (Å²) in [4.78, 5) is 29.3. The smallest absolute Gasteiger partial charge is 0.394 e. The van der Waals surface area contributed by atoms with E-state index in [4.69, 9.17) is 5.11 Å². The summed E-state index contributed by atoms with van der Waals surface area (Å²) >= 11 is 0. The second-order valence-electron chi connectivity index (χ2n) is 6.50. The summed E-state index contributed by atoms with van der Waals surface area (Å²) < 4.78 is 39.5. The molecule has 0 spiro atoms. The molecule has 3 aromatic rings. The molecule has 3 rings (SSSR count). The largest absolute Gasteiger partial charge is 0.416 e. The van der Waals surface area contributed by atoms with Gasteiger partial charge in [-0.05, 0) is 37.3 Å². The summed E-state index contributed by atoms with van der Waals surface area (Å²) in [5.41, 5.74) is -1.16. The van der Waals surface area contributed by atoms with Crippen molar-refractivity contribution in [1.82, 2.24) is 20.1 Å². The number of amides is 1. The molecule has 1 aromatic carbocycles. The van der Waals surface area contributed by atoms with Crippen LogP contribution in [0.15, 0.2) is 59.7 Å². The third-order valence-corrected chi connectivity index (χ3v) is 4.21. The van der Waals surface area contributed by atoms with Gasteiger partial charge in [-0.25, -0.2) is 0 Å². The van der Waals surface area contributed by atoms with Crippen LogP contribution in [0.3, 0.4) is 0 Å². The molecule has 0 aliphatic carbocycles. The summed E-state index contributed by atoms with van der Waals surface area (Å²) in [5.74, 6) is -0.741. The number of pyridine rings is 1. The van der Waals surface area contributed by atoms with E-state index in [1.165, 1.54) is 30.6 Å². The fraction of sp³-hybridized carbons (Fsp3) is 0.200. The lowest BCUT2D eigenvalue weighted by atomic mass is 10.1. The molecule has 2 N–H and O–H groups in total. The highest BCUT2D eigenvalue weighted by atomic mass is 19.4. The number of hydrogen-bond acceptors (Lipinski definition) is 5. The molecule has 0 aliphatic rings. The quantitative estimate of drug-likeness (QED) is 0.663. The standard InChI is InChI=1S/C20H17F3N4O3/c1-12(11-28)25-18(29)16-9-17(13-4-6-14(7-5-13)20(21,22)23)26-27(19(16)30)15-3-2-8-24-10-15/h2-10,12,28H,11H2,1H3,(H,25,29)/t12-/m1/s1. The number of carbonyl (C=O) groups excluding carboxylic acids is 1. The van der Waals surface area contributed by atoms with Gasteiger partial charge < -0.3 is 10.4 Å². The van der Waals surface area contributed by atoms with E-state index in [9.17, 15) is 22.8 Å². The molecule has 0 bridgehead atoms.